The van der Waals surface area contributed by atoms with E-state index in [4.69, 9.17) is 0 Å². The molecule has 0 bridgehead atoms. The van der Waals surface area contributed by atoms with E-state index in [1.54, 1.807) is 20.9 Å². The summed E-state index contributed by atoms with van der Waals surface area (Å²) in [5.74, 6) is 0.119. The average molecular weight is 308 g/mol. The van der Waals surface area contributed by atoms with Crippen LogP contribution in [0.5, 0.6) is 0 Å². The number of nitro groups is 1. The van der Waals surface area contributed by atoms with E-state index >= 15 is 0 Å². The summed E-state index contributed by atoms with van der Waals surface area (Å²) in [5.41, 5.74) is 0.253. The number of alkyl halides is 3. The van der Waals surface area contributed by atoms with E-state index in [2.05, 4.69) is 10.4 Å². The molecule has 1 rings (SSSR count). The molecular formula is C12H19F3N4O2. The molecule has 0 atom stereocenters. The van der Waals surface area contributed by atoms with E-state index in [9.17, 15) is 23.3 Å². The van der Waals surface area contributed by atoms with E-state index in [0.717, 1.165) is 0 Å². The van der Waals surface area contributed by atoms with Crippen molar-refractivity contribution in [1.29, 1.82) is 0 Å². The van der Waals surface area contributed by atoms with Crippen molar-refractivity contribution in [2.45, 2.75) is 45.2 Å². The molecule has 0 aliphatic rings. The van der Waals surface area contributed by atoms with Crippen molar-refractivity contribution >= 4 is 11.5 Å². The van der Waals surface area contributed by atoms with Gasteiger partial charge >= 0.3 is 11.9 Å². The van der Waals surface area contributed by atoms with E-state index < -0.39 is 17.5 Å². The van der Waals surface area contributed by atoms with Crippen molar-refractivity contribution in [3.63, 3.8) is 0 Å². The zero-order valence-electron chi connectivity index (χ0n) is 12.2. The molecule has 1 N–H and O–H groups in total. The van der Waals surface area contributed by atoms with Crippen molar-refractivity contribution in [3.05, 3.63) is 15.8 Å². The van der Waals surface area contributed by atoms with Gasteiger partial charge in [0.2, 0.25) is 5.82 Å². The lowest BCUT2D eigenvalue weighted by molar-refractivity contribution is -0.384. The number of halogens is 3. The number of hydrogen-bond acceptors (Lipinski definition) is 4. The van der Waals surface area contributed by atoms with Crippen molar-refractivity contribution < 1.29 is 18.1 Å². The van der Waals surface area contributed by atoms with Gasteiger partial charge in [0.1, 0.15) is 5.69 Å². The SMILES string of the molecule is CC(C)c1nn(C)c(NCCCCC(F)(F)F)c1[N+](=O)[O-]. The van der Waals surface area contributed by atoms with Crippen LogP contribution in [-0.2, 0) is 7.05 Å². The molecule has 0 fully saturated rings. The van der Waals surface area contributed by atoms with Crippen LogP contribution >= 0.6 is 0 Å². The highest BCUT2D eigenvalue weighted by atomic mass is 19.4. The molecule has 0 aliphatic heterocycles. The third-order valence-corrected chi connectivity index (χ3v) is 2.96. The number of aromatic nitrogens is 2. The average Bonchev–Trinajstić information content (AvgIpc) is 2.65. The molecule has 0 amide bonds. The van der Waals surface area contributed by atoms with Gasteiger partial charge in [0.25, 0.3) is 0 Å². The Balaban J connectivity index is 2.69. The number of unbranched alkanes of at least 4 members (excludes halogenated alkanes) is 1. The molecule has 1 aromatic heterocycles. The quantitative estimate of drug-likeness (QED) is 0.474. The Bertz CT molecular complexity index is 497. The summed E-state index contributed by atoms with van der Waals surface area (Å²) in [6.45, 7) is 3.82. The van der Waals surface area contributed by atoms with Crippen LogP contribution in [-0.4, -0.2) is 27.4 Å². The Morgan fingerprint density at radius 3 is 2.48 bits per heavy atom. The summed E-state index contributed by atoms with van der Waals surface area (Å²) in [6, 6.07) is 0. The number of aryl methyl sites for hydroxylation is 1. The van der Waals surface area contributed by atoms with Crippen molar-refractivity contribution in [3.8, 4) is 0 Å². The Morgan fingerprint density at radius 2 is 2.00 bits per heavy atom. The van der Waals surface area contributed by atoms with E-state index in [1.807, 2.05) is 0 Å². The Labute approximate surface area is 120 Å². The smallest absolute Gasteiger partial charge is 0.365 e. The second-order valence-electron chi connectivity index (χ2n) is 5.12. The maximum atomic E-state index is 12.0. The molecule has 0 aromatic carbocycles. The monoisotopic (exact) mass is 308 g/mol. The maximum absolute atomic E-state index is 12.0. The van der Waals surface area contributed by atoms with Gasteiger partial charge in [-0.1, -0.05) is 13.8 Å². The van der Waals surface area contributed by atoms with Crippen LogP contribution in [0.4, 0.5) is 24.7 Å². The molecule has 21 heavy (non-hydrogen) atoms. The van der Waals surface area contributed by atoms with Gasteiger partial charge in [0.05, 0.1) is 4.92 Å². The second kappa shape index (κ2) is 6.77. The zero-order valence-corrected chi connectivity index (χ0v) is 12.2. The lowest BCUT2D eigenvalue weighted by Gasteiger charge is -2.07. The Morgan fingerprint density at radius 1 is 1.38 bits per heavy atom. The zero-order chi connectivity index (χ0) is 16.2. The fourth-order valence-electron chi connectivity index (χ4n) is 1.96. The largest absolute Gasteiger partial charge is 0.389 e. The number of anilines is 1. The first kappa shape index (κ1) is 17.3. The molecule has 120 valence electrons. The summed E-state index contributed by atoms with van der Waals surface area (Å²) < 4.78 is 37.4. The molecular weight excluding hydrogens is 289 g/mol. The summed E-state index contributed by atoms with van der Waals surface area (Å²) in [4.78, 5) is 10.6. The van der Waals surface area contributed by atoms with Gasteiger partial charge in [-0.2, -0.15) is 18.3 Å². The first-order chi connectivity index (χ1) is 9.63. The van der Waals surface area contributed by atoms with Gasteiger partial charge in [0.15, 0.2) is 0 Å². The van der Waals surface area contributed by atoms with Gasteiger partial charge in [-0.15, -0.1) is 0 Å². The Kier molecular flexibility index (Phi) is 5.56. The van der Waals surface area contributed by atoms with Crippen LogP contribution in [0.2, 0.25) is 0 Å². The molecule has 0 spiro atoms. The van der Waals surface area contributed by atoms with Crippen LogP contribution < -0.4 is 5.32 Å². The topological polar surface area (TPSA) is 73.0 Å². The molecule has 9 heteroatoms. The number of rotatable bonds is 7. The normalized spacial score (nSPS) is 12.0. The lowest BCUT2D eigenvalue weighted by Crippen LogP contribution is -2.10. The molecule has 6 nitrogen and oxygen atoms in total. The van der Waals surface area contributed by atoms with E-state index in [-0.39, 0.29) is 36.8 Å². The standard InChI is InChI=1S/C12H19F3N4O2/c1-8(2)9-10(19(20)21)11(18(3)17-9)16-7-5-4-6-12(13,14)15/h8,16H,4-7H2,1-3H3. The molecule has 0 saturated heterocycles. The van der Waals surface area contributed by atoms with E-state index in [1.165, 1.54) is 4.68 Å². The highest BCUT2D eigenvalue weighted by Gasteiger charge is 2.28. The number of nitrogens with one attached hydrogen (secondary N) is 1. The van der Waals surface area contributed by atoms with Crippen LogP contribution in [0.3, 0.4) is 0 Å². The molecule has 0 unspecified atom stereocenters. The van der Waals surface area contributed by atoms with Crippen LogP contribution in [0.25, 0.3) is 0 Å². The molecule has 0 saturated carbocycles. The number of nitrogens with zero attached hydrogens (tertiary/aromatic N) is 3. The molecule has 0 aliphatic carbocycles. The first-order valence-corrected chi connectivity index (χ1v) is 6.65. The highest BCUT2D eigenvalue weighted by molar-refractivity contribution is 5.60. The second-order valence-corrected chi connectivity index (χ2v) is 5.12. The van der Waals surface area contributed by atoms with Crippen LogP contribution in [0.1, 0.15) is 44.7 Å². The summed E-state index contributed by atoms with van der Waals surface area (Å²) in [6.07, 6.45) is -4.75. The predicted octanol–water partition coefficient (Wildman–Crippen LogP) is 3.60. The summed E-state index contributed by atoms with van der Waals surface area (Å²) in [5, 5.41) is 18.1. The predicted molar refractivity (Wildman–Crippen MR) is 72.3 cm³/mol. The summed E-state index contributed by atoms with van der Waals surface area (Å²) >= 11 is 0. The van der Waals surface area contributed by atoms with Gasteiger partial charge in [-0.3, -0.25) is 10.1 Å². The molecule has 0 radical (unpaired) electrons. The maximum Gasteiger partial charge on any atom is 0.389 e. The van der Waals surface area contributed by atoms with Crippen molar-refractivity contribution in [2.75, 3.05) is 11.9 Å². The van der Waals surface area contributed by atoms with Crippen LogP contribution in [0, 0.1) is 10.1 Å². The van der Waals surface area contributed by atoms with Gasteiger partial charge in [-0.25, -0.2) is 4.68 Å². The van der Waals surface area contributed by atoms with Gasteiger partial charge < -0.3 is 5.32 Å². The number of hydrogen-bond donors (Lipinski definition) is 1. The minimum Gasteiger partial charge on any atom is -0.365 e. The van der Waals surface area contributed by atoms with E-state index in [0.29, 0.717) is 5.69 Å². The van der Waals surface area contributed by atoms with Crippen molar-refractivity contribution in [2.24, 2.45) is 7.05 Å². The lowest BCUT2D eigenvalue weighted by atomic mass is 10.1. The van der Waals surface area contributed by atoms with Crippen molar-refractivity contribution in [1.82, 2.24) is 9.78 Å². The van der Waals surface area contributed by atoms with Crippen LogP contribution in [0.15, 0.2) is 0 Å². The highest BCUT2D eigenvalue weighted by Crippen LogP contribution is 2.32. The fraction of sp³-hybridized carbons (Fsp3) is 0.750. The first-order valence-electron chi connectivity index (χ1n) is 6.65. The molecule has 1 aromatic rings. The third-order valence-electron chi connectivity index (χ3n) is 2.96. The van der Waals surface area contributed by atoms with Gasteiger partial charge in [0, 0.05) is 25.9 Å². The van der Waals surface area contributed by atoms with Gasteiger partial charge in [-0.05, 0) is 12.8 Å². The minimum absolute atomic E-state index is 0.0147. The molecule has 1 heterocycles. The third kappa shape index (κ3) is 4.91. The fourth-order valence-corrected chi connectivity index (χ4v) is 1.96. The summed E-state index contributed by atoms with van der Waals surface area (Å²) in [7, 11) is 1.57. The Hall–Kier alpha value is -1.80. The minimum atomic E-state index is -4.16.